The van der Waals surface area contributed by atoms with E-state index in [0.29, 0.717) is 32.7 Å². The van der Waals surface area contributed by atoms with Crippen molar-refractivity contribution in [1.29, 1.82) is 0 Å². The number of nitrogens with zero attached hydrogens (tertiary/aromatic N) is 3. The molecule has 1 aromatic carbocycles. The minimum atomic E-state index is -0.347. The van der Waals surface area contributed by atoms with Crippen LogP contribution in [0, 0.1) is 5.92 Å². The lowest BCUT2D eigenvalue weighted by molar-refractivity contribution is -0.126. The summed E-state index contributed by atoms with van der Waals surface area (Å²) in [6.07, 6.45) is -0.0828. The summed E-state index contributed by atoms with van der Waals surface area (Å²) in [5.41, 5.74) is 0.773. The largest absolute Gasteiger partial charge is 0.497 e. The second-order valence-corrected chi connectivity index (χ2v) is 7.19. The summed E-state index contributed by atoms with van der Waals surface area (Å²) in [5.74, 6) is 0.236. The van der Waals surface area contributed by atoms with Gasteiger partial charge in [0, 0.05) is 57.9 Å². The molecule has 2 aliphatic heterocycles. The summed E-state index contributed by atoms with van der Waals surface area (Å²) >= 11 is 0. The number of nitrogens with one attached hydrogen (secondary N) is 1. The van der Waals surface area contributed by atoms with E-state index >= 15 is 0 Å². The second-order valence-electron chi connectivity index (χ2n) is 7.19. The SMILES string of the molecule is COC(=O)N1CCN(CCNC(=O)C2CC(=O)N(c3ccc(OC)cc3)C2)CC1. The molecular formula is C20H28N4O5. The van der Waals surface area contributed by atoms with Gasteiger partial charge in [0.15, 0.2) is 0 Å². The maximum Gasteiger partial charge on any atom is 0.409 e. The van der Waals surface area contributed by atoms with E-state index in [9.17, 15) is 14.4 Å². The van der Waals surface area contributed by atoms with Crippen LogP contribution in [-0.2, 0) is 14.3 Å². The molecular weight excluding hydrogens is 376 g/mol. The van der Waals surface area contributed by atoms with Gasteiger partial charge in [-0.1, -0.05) is 0 Å². The van der Waals surface area contributed by atoms with Gasteiger partial charge in [-0.2, -0.15) is 0 Å². The average molecular weight is 404 g/mol. The van der Waals surface area contributed by atoms with E-state index in [0.717, 1.165) is 24.5 Å². The first-order valence-electron chi connectivity index (χ1n) is 9.79. The summed E-state index contributed by atoms with van der Waals surface area (Å²) in [4.78, 5) is 41.9. The van der Waals surface area contributed by atoms with Crippen LogP contribution in [0.3, 0.4) is 0 Å². The number of piperazine rings is 1. The van der Waals surface area contributed by atoms with Gasteiger partial charge < -0.3 is 24.6 Å². The normalized spacial score (nSPS) is 19.9. The van der Waals surface area contributed by atoms with Crippen LogP contribution in [0.1, 0.15) is 6.42 Å². The number of hydrogen-bond donors (Lipinski definition) is 1. The van der Waals surface area contributed by atoms with E-state index in [1.807, 2.05) is 12.1 Å². The highest BCUT2D eigenvalue weighted by Crippen LogP contribution is 2.26. The van der Waals surface area contributed by atoms with Crippen LogP contribution < -0.4 is 15.0 Å². The third-order valence-electron chi connectivity index (χ3n) is 5.41. The number of hydrogen-bond acceptors (Lipinski definition) is 6. The Morgan fingerprint density at radius 1 is 1.10 bits per heavy atom. The van der Waals surface area contributed by atoms with E-state index < -0.39 is 0 Å². The van der Waals surface area contributed by atoms with E-state index in [2.05, 4.69) is 10.2 Å². The van der Waals surface area contributed by atoms with Gasteiger partial charge in [-0.15, -0.1) is 0 Å². The highest BCUT2D eigenvalue weighted by atomic mass is 16.5. The molecule has 3 rings (SSSR count). The zero-order valence-electron chi connectivity index (χ0n) is 16.9. The van der Waals surface area contributed by atoms with Gasteiger partial charge in [-0.25, -0.2) is 4.79 Å². The molecule has 1 aromatic rings. The smallest absolute Gasteiger partial charge is 0.409 e. The molecule has 1 atom stereocenters. The number of anilines is 1. The van der Waals surface area contributed by atoms with Crippen molar-refractivity contribution in [1.82, 2.24) is 15.1 Å². The minimum Gasteiger partial charge on any atom is -0.497 e. The van der Waals surface area contributed by atoms with Crippen molar-refractivity contribution in [2.75, 3.05) is 64.9 Å². The summed E-state index contributed by atoms with van der Waals surface area (Å²) in [5, 5.41) is 2.94. The van der Waals surface area contributed by atoms with Crippen molar-refractivity contribution < 1.29 is 23.9 Å². The number of rotatable bonds is 6. The van der Waals surface area contributed by atoms with Gasteiger partial charge in [-0.3, -0.25) is 14.5 Å². The standard InChI is InChI=1S/C20H28N4O5/c1-28-17-5-3-16(4-6-17)24-14-15(13-18(24)25)19(26)21-7-8-22-9-11-23(12-10-22)20(27)29-2/h3-6,15H,7-14H2,1-2H3,(H,21,26). The van der Waals surface area contributed by atoms with Crippen molar-refractivity contribution in [2.45, 2.75) is 6.42 Å². The average Bonchev–Trinajstić information content (AvgIpc) is 3.15. The Hall–Kier alpha value is -2.81. The fraction of sp³-hybridized carbons (Fsp3) is 0.550. The van der Waals surface area contributed by atoms with Crippen LogP contribution in [0.2, 0.25) is 0 Å². The van der Waals surface area contributed by atoms with Gasteiger partial charge in [0.05, 0.1) is 20.1 Å². The molecule has 0 saturated carbocycles. The summed E-state index contributed by atoms with van der Waals surface area (Å²) < 4.78 is 9.87. The summed E-state index contributed by atoms with van der Waals surface area (Å²) in [6, 6.07) is 7.25. The summed E-state index contributed by atoms with van der Waals surface area (Å²) in [6.45, 7) is 4.35. The molecule has 2 heterocycles. The first-order valence-corrected chi connectivity index (χ1v) is 9.79. The number of benzene rings is 1. The van der Waals surface area contributed by atoms with Crippen molar-refractivity contribution >= 4 is 23.6 Å². The fourth-order valence-electron chi connectivity index (χ4n) is 3.66. The first kappa shape index (κ1) is 20.9. The molecule has 1 unspecified atom stereocenters. The van der Waals surface area contributed by atoms with E-state index in [-0.39, 0.29) is 30.2 Å². The monoisotopic (exact) mass is 404 g/mol. The summed E-state index contributed by atoms with van der Waals surface area (Å²) in [7, 11) is 2.98. The van der Waals surface area contributed by atoms with Crippen molar-refractivity contribution in [3.05, 3.63) is 24.3 Å². The quantitative estimate of drug-likeness (QED) is 0.745. The third kappa shape index (κ3) is 5.17. The number of methoxy groups -OCH3 is 2. The number of ether oxygens (including phenoxy) is 2. The van der Waals surface area contributed by atoms with Crippen LogP contribution in [0.5, 0.6) is 5.75 Å². The third-order valence-corrected chi connectivity index (χ3v) is 5.41. The highest BCUT2D eigenvalue weighted by Gasteiger charge is 2.35. The maximum atomic E-state index is 12.5. The molecule has 9 nitrogen and oxygen atoms in total. The molecule has 0 spiro atoms. The molecule has 0 bridgehead atoms. The van der Waals surface area contributed by atoms with Crippen LogP contribution in [0.25, 0.3) is 0 Å². The molecule has 2 aliphatic rings. The molecule has 0 aliphatic carbocycles. The zero-order valence-corrected chi connectivity index (χ0v) is 16.9. The molecule has 158 valence electrons. The van der Waals surface area contributed by atoms with E-state index in [1.54, 1.807) is 29.0 Å². The van der Waals surface area contributed by atoms with Gasteiger partial charge >= 0.3 is 6.09 Å². The molecule has 2 saturated heterocycles. The maximum absolute atomic E-state index is 12.5. The molecule has 9 heteroatoms. The Kier molecular flexibility index (Phi) is 6.92. The molecule has 0 radical (unpaired) electrons. The molecule has 1 N–H and O–H groups in total. The molecule has 2 fully saturated rings. The van der Waals surface area contributed by atoms with E-state index in [1.165, 1.54) is 7.11 Å². The second kappa shape index (κ2) is 9.60. The predicted molar refractivity (Wildman–Crippen MR) is 107 cm³/mol. The van der Waals surface area contributed by atoms with Crippen molar-refractivity contribution in [3.63, 3.8) is 0 Å². The van der Waals surface area contributed by atoms with Crippen LogP contribution in [0.15, 0.2) is 24.3 Å². The van der Waals surface area contributed by atoms with Gasteiger partial charge in [0.2, 0.25) is 11.8 Å². The molecule has 0 aromatic heterocycles. The Bertz CT molecular complexity index is 731. The van der Waals surface area contributed by atoms with Gasteiger partial charge in [0.25, 0.3) is 0 Å². The van der Waals surface area contributed by atoms with Crippen LogP contribution in [-0.4, -0.2) is 87.7 Å². The minimum absolute atomic E-state index is 0.0470. The Morgan fingerprint density at radius 2 is 1.79 bits per heavy atom. The van der Waals surface area contributed by atoms with Crippen molar-refractivity contribution in [2.24, 2.45) is 5.92 Å². The van der Waals surface area contributed by atoms with Crippen LogP contribution in [0.4, 0.5) is 10.5 Å². The Morgan fingerprint density at radius 3 is 2.41 bits per heavy atom. The highest BCUT2D eigenvalue weighted by molar-refractivity contribution is 6.00. The first-order chi connectivity index (χ1) is 14.0. The van der Waals surface area contributed by atoms with Gasteiger partial charge in [-0.05, 0) is 24.3 Å². The van der Waals surface area contributed by atoms with Gasteiger partial charge in [0.1, 0.15) is 5.75 Å². The lowest BCUT2D eigenvalue weighted by Crippen LogP contribution is -2.50. The molecule has 29 heavy (non-hydrogen) atoms. The van der Waals surface area contributed by atoms with Crippen LogP contribution >= 0.6 is 0 Å². The number of carbonyl (C=O) groups excluding carboxylic acids is 3. The fourth-order valence-corrected chi connectivity index (χ4v) is 3.66. The number of carbonyl (C=O) groups is 3. The lowest BCUT2D eigenvalue weighted by Gasteiger charge is -2.33. The Balaban J connectivity index is 1.41. The Labute approximate surface area is 170 Å². The predicted octanol–water partition coefficient (Wildman–Crippen LogP) is 0.548. The number of amides is 3. The topological polar surface area (TPSA) is 91.4 Å². The van der Waals surface area contributed by atoms with Crippen molar-refractivity contribution in [3.8, 4) is 5.75 Å². The lowest BCUT2D eigenvalue weighted by atomic mass is 10.1. The molecule has 3 amide bonds. The van der Waals surface area contributed by atoms with E-state index in [4.69, 9.17) is 9.47 Å². The zero-order chi connectivity index (χ0) is 20.8.